The Kier molecular flexibility index (Phi) is 4.99. The van der Waals surface area contributed by atoms with Crippen molar-refractivity contribution in [3.8, 4) is 0 Å². The standard InChI is InChI=1S/C18H22N2O/c1-3-20(17-7-5-4-6-16(17)19)18(21)13-12-15-10-8-14(2)9-11-15/h4-11H,3,12-13,19H2,1-2H3. The fourth-order valence-electron chi connectivity index (χ4n) is 2.36. The van der Waals surface area contributed by atoms with E-state index in [1.165, 1.54) is 11.1 Å². The minimum absolute atomic E-state index is 0.107. The highest BCUT2D eigenvalue weighted by Gasteiger charge is 2.15. The lowest BCUT2D eigenvalue weighted by Gasteiger charge is -2.22. The summed E-state index contributed by atoms with van der Waals surface area (Å²) in [5.74, 6) is 0.107. The van der Waals surface area contributed by atoms with Gasteiger partial charge in [0.05, 0.1) is 11.4 Å². The summed E-state index contributed by atoms with van der Waals surface area (Å²) in [6.07, 6.45) is 1.24. The molecule has 3 heteroatoms. The third kappa shape index (κ3) is 3.85. The predicted octanol–water partition coefficient (Wildman–Crippen LogP) is 3.56. The number of nitrogens with zero attached hydrogens (tertiary/aromatic N) is 1. The third-order valence-corrected chi connectivity index (χ3v) is 3.59. The second-order valence-corrected chi connectivity index (χ2v) is 5.18. The van der Waals surface area contributed by atoms with E-state index in [9.17, 15) is 4.79 Å². The quantitative estimate of drug-likeness (QED) is 0.852. The molecule has 0 heterocycles. The van der Waals surface area contributed by atoms with Crippen LogP contribution in [0.4, 0.5) is 11.4 Å². The molecule has 0 fully saturated rings. The molecule has 0 aliphatic heterocycles. The molecule has 0 radical (unpaired) electrons. The van der Waals surface area contributed by atoms with Gasteiger partial charge in [0.2, 0.25) is 5.91 Å². The Hall–Kier alpha value is -2.29. The molecule has 1 amide bonds. The zero-order valence-corrected chi connectivity index (χ0v) is 12.7. The Morgan fingerprint density at radius 2 is 1.76 bits per heavy atom. The van der Waals surface area contributed by atoms with Crippen LogP contribution in [-0.4, -0.2) is 12.5 Å². The third-order valence-electron chi connectivity index (χ3n) is 3.59. The number of anilines is 2. The van der Waals surface area contributed by atoms with Gasteiger partial charge in [-0.3, -0.25) is 4.79 Å². The van der Waals surface area contributed by atoms with Gasteiger partial charge in [0, 0.05) is 13.0 Å². The highest BCUT2D eigenvalue weighted by Crippen LogP contribution is 2.23. The van der Waals surface area contributed by atoms with E-state index in [0.717, 1.165) is 12.1 Å². The smallest absolute Gasteiger partial charge is 0.227 e. The van der Waals surface area contributed by atoms with Crippen molar-refractivity contribution in [3.05, 3.63) is 59.7 Å². The van der Waals surface area contributed by atoms with Crippen molar-refractivity contribution in [2.75, 3.05) is 17.2 Å². The zero-order valence-electron chi connectivity index (χ0n) is 12.7. The van der Waals surface area contributed by atoms with E-state index in [2.05, 4.69) is 31.2 Å². The van der Waals surface area contributed by atoms with Gasteiger partial charge in [0.25, 0.3) is 0 Å². The number of hydrogen-bond acceptors (Lipinski definition) is 2. The molecule has 3 nitrogen and oxygen atoms in total. The second-order valence-electron chi connectivity index (χ2n) is 5.18. The van der Waals surface area contributed by atoms with Crippen LogP contribution in [-0.2, 0) is 11.2 Å². The summed E-state index contributed by atoms with van der Waals surface area (Å²) in [5, 5.41) is 0. The number of hydrogen-bond donors (Lipinski definition) is 1. The fraction of sp³-hybridized carbons (Fsp3) is 0.278. The van der Waals surface area contributed by atoms with Crippen LogP contribution in [0.1, 0.15) is 24.5 Å². The van der Waals surface area contributed by atoms with E-state index in [1.54, 1.807) is 4.90 Å². The maximum atomic E-state index is 12.4. The molecule has 0 unspecified atom stereocenters. The first-order valence-electron chi connectivity index (χ1n) is 7.32. The highest BCUT2D eigenvalue weighted by atomic mass is 16.2. The topological polar surface area (TPSA) is 46.3 Å². The van der Waals surface area contributed by atoms with E-state index in [1.807, 2.05) is 31.2 Å². The number of carbonyl (C=O) groups is 1. The van der Waals surface area contributed by atoms with Gasteiger partial charge in [0.15, 0.2) is 0 Å². The largest absolute Gasteiger partial charge is 0.397 e. The Balaban J connectivity index is 2.04. The normalized spacial score (nSPS) is 10.4. The summed E-state index contributed by atoms with van der Waals surface area (Å²) in [6.45, 7) is 4.66. The summed E-state index contributed by atoms with van der Waals surface area (Å²) in [5.41, 5.74) is 9.83. The van der Waals surface area contributed by atoms with Crippen molar-refractivity contribution in [2.45, 2.75) is 26.7 Å². The van der Waals surface area contributed by atoms with Gasteiger partial charge in [-0.25, -0.2) is 0 Å². The van der Waals surface area contributed by atoms with Crippen molar-refractivity contribution in [3.63, 3.8) is 0 Å². The van der Waals surface area contributed by atoms with Gasteiger partial charge < -0.3 is 10.6 Å². The number of benzene rings is 2. The van der Waals surface area contributed by atoms with Gasteiger partial charge in [-0.1, -0.05) is 42.0 Å². The van der Waals surface area contributed by atoms with Gasteiger partial charge in [-0.2, -0.15) is 0 Å². The number of para-hydroxylation sites is 2. The molecule has 0 saturated carbocycles. The minimum atomic E-state index is 0.107. The molecule has 0 saturated heterocycles. The molecule has 0 bridgehead atoms. The second kappa shape index (κ2) is 6.93. The molecule has 2 N–H and O–H groups in total. The zero-order chi connectivity index (χ0) is 15.2. The fourth-order valence-corrected chi connectivity index (χ4v) is 2.36. The summed E-state index contributed by atoms with van der Waals surface area (Å²) in [4.78, 5) is 14.2. The molecule has 21 heavy (non-hydrogen) atoms. The van der Waals surface area contributed by atoms with E-state index >= 15 is 0 Å². The number of carbonyl (C=O) groups excluding carboxylic acids is 1. The SMILES string of the molecule is CCN(C(=O)CCc1ccc(C)cc1)c1ccccc1N. The predicted molar refractivity (Wildman–Crippen MR) is 88.4 cm³/mol. The van der Waals surface area contributed by atoms with Crippen LogP contribution in [0.15, 0.2) is 48.5 Å². The number of aryl methyl sites for hydroxylation is 2. The molecule has 2 aromatic rings. The van der Waals surface area contributed by atoms with Gasteiger partial charge in [-0.15, -0.1) is 0 Å². The lowest BCUT2D eigenvalue weighted by Crippen LogP contribution is -2.31. The first-order valence-corrected chi connectivity index (χ1v) is 7.32. The number of nitrogen functional groups attached to an aromatic ring is 1. The Morgan fingerprint density at radius 3 is 2.38 bits per heavy atom. The summed E-state index contributed by atoms with van der Waals surface area (Å²) in [7, 11) is 0. The van der Waals surface area contributed by atoms with Crippen molar-refractivity contribution >= 4 is 17.3 Å². The molecule has 0 aliphatic rings. The summed E-state index contributed by atoms with van der Waals surface area (Å²) < 4.78 is 0. The minimum Gasteiger partial charge on any atom is -0.397 e. The van der Waals surface area contributed by atoms with Crippen molar-refractivity contribution in [1.29, 1.82) is 0 Å². The molecule has 0 atom stereocenters. The maximum Gasteiger partial charge on any atom is 0.227 e. The first kappa shape index (κ1) is 15.1. The van der Waals surface area contributed by atoms with Crippen LogP contribution in [0, 0.1) is 6.92 Å². The van der Waals surface area contributed by atoms with E-state index in [4.69, 9.17) is 5.73 Å². The number of amides is 1. The lowest BCUT2D eigenvalue weighted by atomic mass is 10.1. The molecular weight excluding hydrogens is 260 g/mol. The number of rotatable bonds is 5. The first-order chi connectivity index (χ1) is 10.1. The van der Waals surface area contributed by atoms with Crippen LogP contribution >= 0.6 is 0 Å². The molecule has 2 aromatic carbocycles. The van der Waals surface area contributed by atoms with Crippen LogP contribution < -0.4 is 10.6 Å². The Morgan fingerprint density at radius 1 is 1.10 bits per heavy atom. The molecule has 2 rings (SSSR count). The molecule has 0 aliphatic carbocycles. The summed E-state index contributed by atoms with van der Waals surface area (Å²) in [6, 6.07) is 15.8. The van der Waals surface area contributed by atoms with Crippen LogP contribution in [0.25, 0.3) is 0 Å². The van der Waals surface area contributed by atoms with E-state index in [-0.39, 0.29) is 5.91 Å². The average Bonchev–Trinajstić information content (AvgIpc) is 2.49. The van der Waals surface area contributed by atoms with Crippen LogP contribution in [0.5, 0.6) is 0 Å². The highest BCUT2D eigenvalue weighted by molar-refractivity contribution is 5.96. The maximum absolute atomic E-state index is 12.4. The van der Waals surface area contributed by atoms with Gasteiger partial charge in [-0.05, 0) is 38.0 Å². The monoisotopic (exact) mass is 282 g/mol. The van der Waals surface area contributed by atoms with Crippen LogP contribution in [0.2, 0.25) is 0 Å². The van der Waals surface area contributed by atoms with Crippen molar-refractivity contribution < 1.29 is 4.79 Å². The van der Waals surface area contributed by atoms with E-state index < -0.39 is 0 Å². The average molecular weight is 282 g/mol. The van der Waals surface area contributed by atoms with Crippen LogP contribution in [0.3, 0.4) is 0 Å². The van der Waals surface area contributed by atoms with Gasteiger partial charge >= 0.3 is 0 Å². The lowest BCUT2D eigenvalue weighted by molar-refractivity contribution is -0.118. The van der Waals surface area contributed by atoms with Crippen molar-refractivity contribution in [2.24, 2.45) is 0 Å². The Labute approximate surface area is 126 Å². The molecule has 0 aromatic heterocycles. The molecule has 0 spiro atoms. The van der Waals surface area contributed by atoms with E-state index in [0.29, 0.717) is 18.7 Å². The number of nitrogens with two attached hydrogens (primary N) is 1. The molecule has 110 valence electrons. The van der Waals surface area contributed by atoms with Crippen molar-refractivity contribution in [1.82, 2.24) is 0 Å². The Bertz CT molecular complexity index is 605. The summed E-state index contributed by atoms with van der Waals surface area (Å²) >= 11 is 0. The van der Waals surface area contributed by atoms with Gasteiger partial charge in [0.1, 0.15) is 0 Å². The molecular formula is C18H22N2O.